The molecule has 5 nitrogen and oxygen atoms in total. The predicted octanol–water partition coefficient (Wildman–Crippen LogP) is 1.43. The topological polar surface area (TPSA) is 48.5 Å². The third-order valence-corrected chi connectivity index (χ3v) is 4.76. The molecule has 2 saturated heterocycles. The minimum atomic E-state index is 0.123. The van der Waals surface area contributed by atoms with Crippen LogP contribution in [0.3, 0.4) is 0 Å². The predicted molar refractivity (Wildman–Crippen MR) is 78.9 cm³/mol. The molecule has 20 heavy (non-hydrogen) atoms. The van der Waals surface area contributed by atoms with Gasteiger partial charge < -0.3 is 10.2 Å². The molecule has 2 aliphatic rings. The van der Waals surface area contributed by atoms with Crippen molar-refractivity contribution in [2.75, 3.05) is 32.5 Å². The fourth-order valence-corrected chi connectivity index (χ4v) is 3.44. The molecule has 3 heterocycles. The Labute approximate surface area is 120 Å². The largest absolute Gasteiger partial charge is 0.386 e. The molecule has 2 aliphatic heterocycles. The number of likely N-dealkylation sites (tertiary alicyclic amines) is 1. The lowest BCUT2D eigenvalue weighted by molar-refractivity contribution is 0.0741. The molecular formula is C15H22N4O. The zero-order valence-corrected chi connectivity index (χ0v) is 12.2. The lowest BCUT2D eigenvalue weighted by Crippen LogP contribution is -2.39. The van der Waals surface area contributed by atoms with Crippen LogP contribution in [0.2, 0.25) is 0 Å². The maximum atomic E-state index is 12.8. The van der Waals surface area contributed by atoms with Gasteiger partial charge in [0.25, 0.3) is 5.91 Å². The van der Waals surface area contributed by atoms with Crippen molar-refractivity contribution in [1.29, 1.82) is 0 Å². The van der Waals surface area contributed by atoms with E-state index in [2.05, 4.69) is 22.2 Å². The number of carbonyl (C=O) groups excluding carboxylic acids is 1. The van der Waals surface area contributed by atoms with Gasteiger partial charge in [-0.2, -0.15) is 0 Å². The van der Waals surface area contributed by atoms with Gasteiger partial charge in [-0.15, -0.1) is 0 Å². The molecule has 0 spiro atoms. The van der Waals surface area contributed by atoms with Crippen LogP contribution in [0.15, 0.2) is 18.5 Å². The average Bonchev–Trinajstić information content (AvgIpc) is 2.71. The maximum absolute atomic E-state index is 12.8. The molecule has 1 amide bonds. The summed E-state index contributed by atoms with van der Waals surface area (Å²) in [6, 6.07) is 2.98. The van der Waals surface area contributed by atoms with Crippen molar-refractivity contribution >= 4 is 11.6 Å². The fourth-order valence-electron chi connectivity index (χ4n) is 3.44. The van der Waals surface area contributed by atoms with Crippen molar-refractivity contribution in [2.45, 2.75) is 31.3 Å². The molecule has 1 aromatic heterocycles. The number of likely N-dealkylation sites (N-methyl/N-ethyl adjacent to an activating group) is 1. The van der Waals surface area contributed by atoms with E-state index in [0.717, 1.165) is 30.8 Å². The first-order valence-electron chi connectivity index (χ1n) is 7.33. The van der Waals surface area contributed by atoms with Crippen LogP contribution in [0.5, 0.6) is 0 Å². The number of carbonyl (C=O) groups is 1. The summed E-state index contributed by atoms with van der Waals surface area (Å²) < 4.78 is 0. The van der Waals surface area contributed by atoms with Crippen LogP contribution >= 0.6 is 0 Å². The minimum Gasteiger partial charge on any atom is -0.386 e. The summed E-state index contributed by atoms with van der Waals surface area (Å²) in [7, 11) is 4.02. The Kier molecular flexibility index (Phi) is 3.61. The maximum Gasteiger partial charge on any atom is 0.256 e. The molecule has 2 bridgehead atoms. The van der Waals surface area contributed by atoms with E-state index < -0.39 is 0 Å². The van der Waals surface area contributed by atoms with Crippen molar-refractivity contribution in [3.63, 3.8) is 0 Å². The first kappa shape index (κ1) is 13.4. The van der Waals surface area contributed by atoms with Gasteiger partial charge in [0.2, 0.25) is 0 Å². The Bertz CT molecular complexity index is 504. The second-order valence-electron chi connectivity index (χ2n) is 5.76. The highest BCUT2D eigenvalue weighted by molar-refractivity contribution is 5.99. The van der Waals surface area contributed by atoms with Crippen LogP contribution in [-0.2, 0) is 0 Å². The average molecular weight is 274 g/mol. The van der Waals surface area contributed by atoms with Crippen LogP contribution in [0.1, 0.15) is 29.6 Å². The van der Waals surface area contributed by atoms with Crippen molar-refractivity contribution in [1.82, 2.24) is 14.8 Å². The molecule has 0 aromatic carbocycles. The second kappa shape index (κ2) is 5.40. The molecule has 1 N–H and O–H groups in total. The quantitative estimate of drug-likeness (QED) is 0.886. The number of rotatable bonds is 2. The van der Waals surface area contributed by atoms with E-state index in [0.29, 0.717) is 12.1 Å². The third kappa shape index (κ3) is 2.26. The number of nitrogens with zero attached hydrogens (tertiary/aromatic N) is 3. The van der Waals surface area contributed by atoms with E-state index in [1.807, 2.05) is 11.9 Å². The Morgan fingerprint density at radius 2 is 2.15 bits per heavy atom. The number of nitrogens with one attached hydrogen (secondary N) is 1. The Morgan fingerprint density at radius 1 is 1.35 bits per heavy atom. The van der Waals surface area contributed by atoms with E-state index in [4.69, 9.17) is 0 Å². The molecule has 108 valence electrons. The Hall–Kier alpha value is -1.62. The van der Waals surface area contributed by atoms with Crippen molar-refractivity contribution in [2.24, 2.45) is 0 Å². The van der Waals surface area contributed by atoms with Crippen LogP contribution < -0.4 is 5.32 Å². The summed E-state index contributed by atoms with van der Waals surface area (Å²) in [6.07, 6.45) is 6.96. The molecule has 0 radical (unpaired) electrons. The first-order valence-corrected chi connectivity index (χ1v) is 7.33. The van der Waals surface area contributed by atoms with E-state index in [9.17, 15) is 4.79 Å². The molecule has 0 aliphatic carbocycles. The molecule has 1 aromatic rings. The van der Waals surface area contributed by atoms with Gasteiger partial charge in [-0.1, -0.05) is 0 Å². The second-order valence-corrected chi connectivity index (χ2v) is 5.76. The Morgan fingerprint density at radius 3 is 2.95 bits per heavy atom. The number of amides is 1. The number of pyridine rings is 1. The minimum absolute atomic E-state index is 0.123. The van der Waals surface area contributed by atoms with E-state index in [1.54, 1.807) is 18.5 Å². The normalized spacial score (nSPS) is 26.4. The summed E-state index contributed by atoms with van der Waals surface area (Å²) in [4.78, 5) is 21.3. The number of aromatic nitrogens is 1. The van der Waals surface area contributed by atoms with Crippen LogP contribution in [-0.4, -0.2) is 60.0 Å². The van der Waals surface area contributed by atoms with Gasteiger partial charge in [-0.25, -0.2) is 0 Å². The number of anilines is 1. The van der Waals surface area contributed by atoms with Gasteiger partial charge in [-0.3, -0.25) is 14.7 Å². The summed E-state index contributed by atoms with van der Waals surface area (Å²) in [5.41, 5.74) is 1.53. The fraction of sp³-hybridized carbons (Fsp3) is 0.600. The summed E-state index contributed by atoms with van der Waals surface area (Å²) >= 11 is 0. The SMILES string of the molecule is CNc1cnccc1C(=O)N1CCC2CCC(C1)N2C. The van der Waals surface area contributed by atoms with Crippen LogP contribution in [0.4, 0.5) is 5.69 Å². The molecule has 5 heteroatoms. The third-order valence-electron chi connectivity index (χ3n) is 4.76. The molecule has 2 atom stereocenters. The smallest absolute Gasteiger partial charge is 0.256 e. The molecule has 2 fully saturated rings. The van der Waals surface area contributed by atoms with Crippen molar-refractivity contribution in [3.05, 3.63) is 24.0 Å². The monoisotopic (exact) mass is 274 g/mol. The Balaban J connectivity index is 1.80. The van der Waals surface area contributed by atoms with Gasteiger partial charge in [0, 0.05) is 38.4 Å². The zero-order chi connectivity index (χ0) is 14.1. The highest BCUT2D eigenvalue weighted by atomic mass is 16.2. The van der Waals surface area contributed by atoms with Crippen molar-refractivity contribution < 1.29 is 4.79 Å². The van der Waals surface area contributed by atoms with Gasteiger partial charge in [-0.05, 0) is 32.4 Å². The van der Waals surface area contributed by atoms with Gasteiger partial charge >= 0.3 is 0 Å². The van der Waals surface area contributed by atoms with Crippen LogP contribution in [0, 0.1) is 0 Å². The molecular weight excluding hydrogens is 252 g/mol. The standard InChI is InChI=1S/C15H22N4O/c1-16-14-9-17-7-5-13(14)15(20)19-8-6-11-3-4-12(10-19)18(11)2/h5,7,9,11-12,16H,3-4,6,8,10H2,1-2H3. The lowest BCUT2D eigenvalue weighted by Gasteiger charge is -2.26. The summed E-state index contributed by atoms with van der Waals surface area (Å²) in [5, 5.41) is 3.05. The summed E-state index contributed by atoms with van der Waals surface area (Å²) in [5.74, 6) is 0.123. The number of hydrogen-bond acceptors (Lipinski definition) is 4. The van der Waals surface area contributed by atoms with Crippen LogP contribution in [0.25, 0.3) is 0 Å². The van der Waals surface area contributed by atoms with Crippen molar-refractivity contribution in [3.8, 4) is 0 Å². The molecule has 3 rings (SSSR count). The highest BCUT2D eigenvalue weighted by Crippen LogP contribution is 2.29. The van der Waals surface area contributed by atoms with E-state index in [-0.39, 0.29) is 5.91 Å². The van der Waals surface area contributed by atoms with Gasteiger partial charge in [0.15, 0.2) is 0 Å². The zero-order valence-electron chi connectivity index (χ0n) is 12.2. The number of fused-ring (bicyclic) bond motifs is 2. The first-order chi connectivity index (χ1) is 9.70. The van der Waals surface area contributed by atoms with E-state index in [1.165, 1.54) is 12.8 Å². The van der Waals surface area contributed by atoms with Gasteiger partial charge in [0.1, 0.15) is 0 Å². The summed E-state index contributed by atoms with van der Waals surface area (Å²) in [6.45, 7) is 1.70. The van der Waals surface area contributed by atoms with Gasteiger partial charge in [0.05, 0.1) is 17.4 Å². The lowest BCUT2D eigenvalue weighted by atomic mass is 10.1. The van der Waals surface area contributed by atoms with E-state index >= 15 is 0 Å². The number of hydrogen-bond donors (Lipinski definition) is 1. The highest BCUT2D eigenvalue weighted by Gasteiger charge is 2.36. The molecule has 2 unspecified atom stereocenters. The molecule has 0 saturated carbocycles.